The minimum atomic E-state index is -0.148. The van der Waals surface area contributed by atoms with E-state index in [0.717, 1.165) is 81.7 Å². The zero-order valence-corrected chi connectivity index (χ0v) is 45.9. The van der Waals surface area contributed by atoms with Crippen molar-refractivity contribution < 1.29 is 61.3 Å². The topological polar surface area (TPSA) is 243 Å². The molecule has 0 unspecified atom stereocenters. The third kappa shape index (κ3) is 16.7. The molecule has 0 spiro atoms. The summed E-state index contributed by atoms with van der Waals surface area (Å²) < 4.78 is 2.14. The average molecular weight is 1180 g/mol. The Kier molecular flexibility index (Phi) is 24.5. The SMILES string of the molecule is Cc1cc(C)c(O)c(CO)c1.Cc1cc(CO)c(C)c(C)c1O.Cc1cc(CO)cc(C)c1O.OCc1c(O)ccc2cc(Br)ccc12.OCc1c(O)ccc2ccccc12.OCc1cc(Br)c(O)c(Br)c1. The van der Waals surface area contributed by atoms with Gasteiger partial charge in [-0.3, -0.25) is 0 Å². The lowest BCUT2D eigenvalue weighted by Crippen LogP contribution is -1.94. The van der Waals surface area contributed by atoms with Crippen molar-refractivity contribution in [3.8, 4) is 34.5 Å². The first-order chi connectivity index (χ1) is 34.1. The Labute approximate surface area is 445 Å². The van der Waals surface area contributed by atoms with Gasteiger partial charge >= 0.3 is 0 Å². The van der Waals surface area contributed by atoms with Gasteiger partial charge in [0.15, 0.2) is 0 Å². The number of aromatic hydroxyl groups is 6. The average Bonchev–Trinajstić information content (AvgIpc) is 3.37. The molecule has 0 bridgehead atoms. The molecule has 0 amide bonds. The molecule has 0 aliphatic rings. The molecule has 8 aromatic rings. The maximum Gasteiger partial charge on any atom is 0.143 e. The van der Waals surface area contributed by atoms with E-state index in [1.54, 1.807) is 42.5 Å². The van der Waals surface area contributed by atoms with Crippen LogP contribution < -0.4 is 0 Å². The second-order valence-corrected chi connectivity index (χ2v) is 19.3. The van der Waals surface area contributed by atoms with Crippen LogP contribution in [0.4, 0.5) is 0 Å². The summed E-state index contributed by atoms with van der Waals surface area (Å²) in [5, 5.41) is 114. The molecule has 0 atom stereocenters. The van der Waals surface area contributed by atoms with E-state index in [4.69, 9.17) is 30.6 Å². The number of rotatable bonds is 6. The van der Waals surface area contributed by atoms with Crippen LogP contribution in [0, 0.1) is 48.5 Å². The van der Waals surface area contributed by atoms with E-state index < -0.39 is 0 Å². The summed E-state index contributed by atoms with van der Waals surface area (Å²) in [7, 11) is 0. The Hall–Kier alpha value is -5.72. The third-order valence-corrected chi connectivity index (χ3v) is 13.1. The maximum atomic E-state index is 9.53. The highest BCUT2D eigenvalue weighted by Crippen LogP contribution is 2.34. The number of fused-ring (bicyclic) bond motifs is 2. The van der Waals surface area contributed by atoms with Crippen molar-refractivity contribution in [2.24, 2.45) is 0 Å². The van der Waals surface area contributed by atoms with Gasteiger partial charge in [0.1, 0.15) is 34.5 Å². The van der Waals surface area contributed by atoms with Gasteiger partial charge in [-0.1, -0.05) is 88.2 Å². The number of aliphatic hydroxyl groups is 6. The molecule has 0 radical (unpaired) electrons. The highest BCUT2D eigenvalue weighted by Gasteiger charge is 2.10. The first kappa shape index (κ1) is 60.6. The largest absolute Gasteiger partial charge is 0.508 e. The quantitative estimate of drug-likeness (QED) is 0.0744. The molecule has 384 valence electrons. The van der Waals surface area contributed by atoms with Gasteiger partial charge in [0.2, 0.25) is 0 Å². The molecule has 72 heavy (non-hydrogen) atoms. The van der Waals surface area contributed by atoms with Gasteiger partial charge in [0.25, 0.3) is 0 Å². The first-order valence-corrected chi connectivity index (χ1v) is 24.7. The predicted molar refractivity (Wildman–Crippen MR) is 295 cm³/mol. The molecule has 12 nitrogen and oxygen atoms in total. The normalized spacial score (nSPS) is 10.3. The number of aryl methyl sites for hydroxylation is 5. The van der Waals surface area contributed by atoms with Crippen molar-refractivity contribution in [1.82, 2.24) is 0 Å². The maximum absolute atomic E-state index is 9.53. The van der Waals surface area contributed by atoms with Crippen LogP contribution in [0.1, 0.15) is 72.3 Å². The lowest BCUT2D eigenvalue weighted by molar-refractivity contribution is 0.275. The van der Waals surface area contributed by atoms with Gasteiger partial charge in [0.05, 0.1) is 48.6 Å². The molecule has 15 heteroatoms. The Morgan fingerprint density at radius 3 is 1.35 bits per heavy atom. The number of halogens is 3. The molecule has 12 N–H and O–H groups in total. The minimum absolute atomic E-state index is 0.0297. The van der Waals surface area contributed by atoms with Crippen LogP contribution in [0.15, 0.2) is 123 Å². The number of benzene rings is 8. The minimum Gasteiger partial charge on any atom is -0.508 e. The van der Waals surface area contributed by atoms with Gasteiger partial charge in [-0.15, -0.1) is 0 Å². The van der Waals surface area contributed by atoms with E-state index in [1.165, 1.54) is 0 Å². The Balaban J connectivity index is 0.000000229. The van der Waals surface area contributed by atoms with Crippen LogP contribution in [0.5, 0.6) is 34.5 Å². The Morgan fingerprint density at radius 2 is 0.833 bits per heavy atom. The van der Waals surface area contributed by atoms with E-state index in [9.17, 15) is 30.6 Å². The van der Waals surface area contributed by atoms with Gasteiger partial charge in [-0.05, 0) is 194 Å². The van der Waals surface area contributed by atoms with Crippen molar-refractivity contribution in [3.05, 3.63) is 195 Å². The summed E-state index contributed by atoms with van der Waals surface area (Å²) in [4.78, 5) is 0. The molecule has 8 aromatic carbocycles. The monoisotopic (exact) mass is 1180 g/mol. The molecule has 0 fully saturated rings. The fourth-order valence-electron chi connectivity index (χ4n) is 7.34. The highest BCUT2D eigenvalue weighted by atomic mass is 79.9. The molecule has 0 saturated carbocycles. The van der Waals surface area contributed by atoms with Crippen LogP contribution in [0.25, 0.3) is 21.5 Å². The van der Waals surface area contributed by atoms with E-state index in [-0.39, 0.29) is 62.6 Å². The summed E-state index contributed by atoms with van der Waals surface area (Å²) in [6, 6.07) is 32.6. The van der Waals surface area contributed by atoms with Crippen molar-refractivity contribution in [2.75, 3.05) is 0 Å². The Morgan fingerprint density at radius 1 is 0.361 bits per heavy atom. The first-order valence-electron chi connectivity index (χ1n) is 22.4. The van der Waals surface area contributed by atoms with Crippen LogP contribution in [0.3, 0.4) is 0 Å². The summed E-state index contributed by atoms with van der Waals surface area (Å²) >= 11 is 9.67. The van der Waals surface area contributed by atoms with Gasteiger partial charge in [-0.25, -0.2) is 0 Å². The summed E-state index contributed by atoms with van der Waals surface area (Å²) in [5.74, 6) is 1.32. The van der Waals surface area contributed by atoms with Crippen LogP contribution in [0.2, 0.25) is 0 Å². The molecule has 0 heterocycles. The zero-order valence-electron chi connectivity index (χ0n) is 41.1. The fraction of sp³-hybridized carbons (Fsp3) is 0.228. The van der Waals surface area contributed by atoms with Gasteiger partial charge in [-0.2, -0.15) is 0 Å². The van der Waals surface area contributed by atoms with E-state index in [2.05, 4.69) is 47.8 Å². The molecule has 0 saturated heterocycles. The van der Waals surface area contributed by atoms with Gasteiger partial charge in [0, 0.05) is 21.2 Å². The van der Waals surface area contributed by atoms with Crippen LogP contribution >= 0.6 is 47.8 Å². The van der Waals surface area contributed by atoms with Gasteiger partial charge < -0.3 is 61.3 Å². The molecular formula is C57H63Br3O12. The van der Waals surface area contributed by atoms with Crippen molar-refractivity contribution in [2.45, 2.75) is 88.1 Å². The van der Waals surface area contributed by atoms with Crippen molar-refractivity contribution in [3.63, 3.8) is 0 Å². The summed E-state index contributed by atoms with van der Waals surface area (Å²) in [6.45, 7) is 12.6. The van der Waals surface area contributed by atoms with Crippen LogP contribution in [-0.4, -0.2) is 61.3 Å². The molecule has 0 aromatic heterocycles. The lowest BCUT2D eigenvalue weighted by atomic mass is 9.99. The molecular weight excluding hydrogens is 1120 g/mol. The molecule has 0 aliphatic carbocycles. The van der Waals surface area contributed by atoms with E-state index in [1.807, 2.05) is 115 Å². The van der Waals surface area contributed by atoms with Crippen molar-refractivity contribution >= 4 is 69.3 Å². The smallest absolute Gasteiger partial charge is 0.143 e. The van der Waals surface area contributed by atoms with Crippen molar-refractivity contribution in [1.29, 1.82) is 0 Å². The zero-order chi connectivity index (χ0) is 54.0. The summed E-state index contributed by atoms with van der Waals surface area (Å²) in [6.07, 6.45) is 0. The highest BCUT2D eigenvalue weighted by molar-refractivity contribution is 9.11. The number of phenols is 6. The summed E-state index contributed by atoms with van der Waals surface area (Å²) in [5.41, 5.74) is 10.4. The standard InChI is InChI=1S/C11H9BrO2.C11H10O2.C10H14O2.2C9H12O2.C7H6Br2O2/c12-8-2-3-9-7(5-8)1-4-11(14)10(9)6-13;12-7-10-9-4-2-1-3-8(9)5-6-11(10)13;1-6-4-9(5-11)7(2)8(3)10(6)12;1-6-3-8(5-10)4-7(2)9(6)11;1-6-3-7(2)9(11)8(4-6)5-10;8-5-1-4(3-10)2-6(9)7(5)11/h1-5,13-14H,6H2;1-6,12-13H,7H2;4,11-12H,5H2,1-3H3;2*3-4,10-11H,5H2,1-2H3;1-2,10-11H,3H2. The predicted octanol–water partition coefficient (Wildman–Crippen LogP) is 12.1. The Bertz CT molecular complexity index is 2980. The third-order valence-electron chi connectivity index (χ3n) is 11.4. The number of hydrogen-bond donors (Lipinski definition) is 12. The number of aliphatic hydroxyl groups excluding tert-OH is 6. The van der Waals surface area contributed by atoms with E-state index in [0.29, 0.717) is 37.1 Å². The van der Waals surface area contributed by atoms with E-state index >= 15 is 0 Å². The molecule has 8 rings (SSSR count). The number of hydrogen-bond acceptors (Lipinski definition) is 12. The second kappa shape index (κ2) is 29.1. The fourth-order valence-corrected chi connectivity index (χ4v) is 9.00. The lowest BCUT2D eigenvalue weighted by Gasteiger charge is -2.10. The van der Waals surface area contributed by atoms with Crippen LogP contribution in [-0.2, 0) is 39.6 Å². The number of phenolic OH excluding ortho intramolecular Hbond substituents is 3. The molecule has 0 aliphatic heterocycles. The second-order valence-electron chi connectivity index (χ2n) is 16.7.